The van der Waals surface area contributed by atoms with E-state index in [1.54, 1.807) is 0 Å². The van der Waals surface area contributed by atoms with Crippen LogP contribution in [-0.4, -0.2) is 32.5 Å². The summed E-state index contributed by atoms with van der Waals surface area (Å²) in [5.74, 6) is -1.89. The maximum absolute atomic E-state index is 13.1. The Hall–Kier alpha value is -3.15. The molecule has 0 saturated carbocycles. The lowest BCUT2D eigenvalue weighted by Crippen LogP contribution is -2.48. The number of hydrogen-bond acceptors (Lipinski definition) is 2. The predicted octanol–water partition coefficient (Wildman–Crippen LogP) is 2.97. The molecule has 2 aromatic carbocycles. The molecule has 6 heteroatoms. The number of halogens is 1. The fourth-order valence-electron chi connectivity index (χ4n) is 3.72. The number of carbonyl (C=O) groups is 2. The quantitative estimate of drug-likeness (QED) is 0.771. The number of nitrogens with zero attached hydrogens (tertiary/aromatic N) is 2. The van der Waals surface area contributed by atoms with E-state index in [2.05, 4.69) is 0 Å². The molecule has 0 bridgehead atoms. The Morgan fingerprint density at radius 2 is 1.81 bits per heavy atom. The van der Waals surface area contributed by atoms with E-state index in [1.807, 2.05) is 35.9 Å². The van der Waals surface area contributed by atoms with Gasteiger partial charge in [-0.2, -0.15) is 0 Å². The maximum Gasteiger partial charge on any atom is 0.326 e. The largest absolute Gasteiger partial charge is 0.480 e. The van der Waals surface area contributed by atoms with Crippen molar-refractivity contribution < 1.29 is 19.1 Å². The second-order valence-corrected chi connectivity index (χ2v) is 6.50. The van der Waals surface area contributed by atoms with E-state index in [1.165, 1.54) is 29.2 Å². The number of carboxylic acids is 1. The summed E-state index contributed by atoms with van der Waals surface area (Å²) in [6, 6.07) is 12.0. The van der Waals surface area contributed by atoms with Gasteiger partial charge in [0, 0.05) is 35.6 Å². The molecule has 2 heterocycles. The fraction of sp³-hybridized carbons (Fsp3) is 0.200. The minimum absolute atomic E-state index is 0.202. The van der Waals surface area contributed by atoms with E-state index < -0.39 is 23.7 Å². The zero-order valence-corrected chi connectivity index (χ0v) is 14.1. The van der Waals surface area contributed by atoms with Crippen LogP contribution in [0.25, 0.3) is 10.9 Å². The lowest BCUT2D eigenvalue weighted by molar-refractivity contribution is -0.142. The molecule has 3 aromatic rings. The fourth-order valence-corrected chi connectivity index (χ4v) is 3.72. The van der Waals surface area contributed by atoms with Gasteiger partial charge in [0.25, 0.3) is 5.91 Å². The number of para-hydroxylation sites is 1. The van der Waals surface area contributed by atoms with Crippen LogP contribution < -0.4 is 0 Å². The Kier molecular flexibility index (Phi) is 3.76. The first-order valence-corrected chi connectivity index (χ1v) is 8.32. The van der Waals surface area contributed by atoms with Gasteiger partial charge >= 0.3 is 5.97 Å². The van der Waals surface area contributed by atoms with Crippen LogP contribution in [0.3, 0.4) is 0 Å². The van der Waals surface area contributed by atoms with Crippen molar-refractivity contribution in [1.29, 1.82) is 0 Å². The smallest absolute Gasteiger partial charge is 0.326 e. The molecular weight excluding hydrogens is 335 g/mol. The highest BCUT2D eigenvalue weighted by atomic mass is 19.1. The standard InChI is InChI=1S/C20H17FN2O3/c1-22-16-5-3-2-4-14(16)15-10-17(20(25)26)23(11-18(15)22)19(24)12-6-8-13(21)9-7-12/h2-9,17H,10-11H2,1H3,(H,25,26). The molecule has 0 fully saturated rings. The van der Waals surface area contributed by atoms with Crippen LogP contribution in [-0.2, 0) is 24.8 Å². The van der Waals surface area contributed by atoms with Crippen LogP contribution in [0.4, 0.5) is 4.39 Å². The van der Waals surface area contributed by atoms with Crippen LogP contribution in [0.5, 0.6) is 0 Å². The van der Waals surface area contributed by atoms with Crippen LogP contribution in [0.2, 0.25) is 0 Å². The summed E-state index contributed by atoms with van der Waals surface area (Å²) in [5.41, 5.74) is 3.19. The molecule has 0 saturated heterocycles. The van der Waals surface area contributed by atoms with Crippen molar-refractivity contribution in [3.05, 3.63) is 71.2 Å². The van der Waals surface area contributed by atoms with Gasteiger partial charge in [-0.15, -0.1) is 0 Å². The SMILES string of the molecule is Cn1c2c(c3ccccc31)CC(C(=O)O)N(C(=O)c1ccc(F)cc1)C2. The van der Waals surface area contributed by atoms with Gasteiger partial charge in [0.05, 0.1) is 6.54 Å². The molecule has 1 unspecified atom stereocenters. The summed E-state index contributed by atoms with van der Waals surface area (Å²) in [4.78, 5) is 26.1. The molecule has 1 aliphatic rings. The highest BCUT2D eigenvalue weighted by Crippen LogP contribution is 2.33. The third kappa shape index (κ3) is 2.45. The molecule has 0 aliphatic carbocycles. The van der Waals surface area contributed by atoms with Crippen LogP contribution in [0.1, 0.15) is 21.6 Å². The maximum atomic E-state index is 13.1. The average molecular weight is 352 g/mol. The highest BCUT2D eigenvalue weighted by Gasteiger charge is 2.37. The molecule has 0 spiro atoms. The number of carboxylic acid groups (broad SMARTS) is 1. The number of hydrogen-bond donors (Lipinski definition) is 1. The second-order valence-electron chi connectivity index (χ2n) is 6.50. The summed E-state index contributed by atoms with van der Waals surface area (Å²) < 4.78 is 15.2. The van der Waals surface area contributed by atoms with E-state index in [9.17, 15) is 19.1 Å². The van der Waals surface area contributed by atoms with Crippen molar-refractivity contribution in [3.63, 3.8) is 0 Å². The zero-order chi connectivity index (χ0) is 18.4. The minimum Gasteiger partial charge on any atom is -0.480 e. The first-order chi connectivity index (χ1) is 12.5. The van der Waals surface area contributed by atoms with E-state index in [0.717, 1.165) is 22.2 Å². The van der Waals surface area contributed by atoms with Crippen molar-refractivity contribution in [1.82, 2.24) is 9.47 Å². The van der Waals surface area contributed by atoms with Gasteiger partial charge in [-0.1, -0.05) is 18.2 Å². The molecule has 1 N–H and O–H groups in total. The van der Waals surface area contributed by atoms with Gasteiger partial charge in [0.15, 0.2) is 0 Å². The average Bonchev–Trinajstić information content (AvgIpc) is 2.93. The molecule has 4 rings (SSSR count). The summed E-state index contributed by atoms with van der Waals surface area (Å²) >= 11 is 0. The van der Waals surface area contributed by atoms with Crippen LogP contribution in [0.15, 0.2) is 48.5 Å². The molecule has 1 amide bonds. The Morgan fingerprint density at radius 3 is 2.50 bits per heavy atom. The van der Waals surface area contributed by atoms with Crippen LogP contribution >= 0.6 is 0 Å². The lowest BCUT2D eigenvalue weighted by Gasteiger charge is -2.34. The van der Waals surface area contributed by atoms with Crippen molar-refractivity contribution in [2.45, 2.75) is 19.0 Å². The molecule has 26 heavy (non-hydrogen) atoms. The number of aliphatic carboxylic acids is 1. The number of aryl methyl sites for hydroxylation is 1. The Bertz CT molecular complexity index is 1020. The van der Waals surface area contributed by atoms with E-state index in [0.29, 0.717) is 0 Å². The van der Waals surface area contributed by atoms with Gasteiger partial charge in [0.1, 0.15) is 11.9 Å². The number of aromatic nitrogens is 1. The van der Waals surface area contributed by atoms with Crippen LogP contribution in [0, 0.1) is 5.82 Å². The third-order valence-corrected chi connectivity index (χ3v) is 5.07. The number of fused-ring (bicyclic) bond motifs is 3. The number of amides is 1. The third-order valence-electron chi connectivity index (χ3n) is 5.07. The topological polar surface area (TPSA) is 62.5 Å². The van der Waals surface area contributed by atoms with Crippen molar-refractivity contribution in [3.8, 4) is 0 Å². The first kappa shape index (κ1) is 16.3. The Labute approximate surface area is 149 Å². The summed E-state index contributed by atoms with van der Waals surface area (Å²) in [7, 11) is 1.92. The molecule has 1 aromatic heterocycles. The number of rotatable bonds is 2. The number of benzene rings is 2. The number of carbonyl (C=O) groups excluding carboxylic acids is 1. The van der Waals surface area contributed by atoms with Gasteiger partial charge in [-0.05, 0) is 35.9 Å². The molecule has 1 atom stereocenters. The van der Waals surface area contributed by atoms with Crippen molar-refractivity contribution in [2.24, 2.45) is 7.05 Å². The zero-order valence-electron chi connectivity index (χ0n) is 14.1. The Balaban J connectivity index is 1.80. The second kappa shape index (κ2) is 5.98. The molecular formula is C20H17FN2O3. The summed E-state index contributed by atoms with van der Waals surface area (Å²) in [6.07, 6.45) is 0.249. The molecule has 0 radical (unpaired) electrons. The van der Waals surface area contributed by atoms with E-state index >= 15 is 0 Å². The normalized spacial score (nSPS) is 16.5. The van der Waals surface area contributed by atoms with Gasteiger partial charge in [-0.3, -0.25) is 4.79 Å². The lowest BCUT2D eigenvalue weighted by atomic mass is 9.95. The van der Waals surface area contributed by atoms with E-state index in [-0.39, 0.29) is 18.5 Å². The van der Waals surface area contributed by atoms with Crippen molar-refractivity contribution >= 4 is 22.8 Å². The molecule has 132 valence electrons. The predicted molar refractivity (Wildman–Crippen MR) is 94.3 cm³/mol. The van der Waals surface area contributed by atoms with Gasteiger partial charge in [-0.25, -0.2) is 9.18 Å². The van der Waals surface area contributed by atoms with E-state index in [4.69, 9.17) is 0 Å². The minimum atomic E-state index is -1.04. The first-order valence-electron chi connectivity index (χ1n) is 8.32. The van der Waals surface area contributed by atoms with Gasteiger partial charge < -0.3 is 14.6 Å². The monoisotopic (exact) mass is 352 g/mol. The summed E-state index contributed by atoms with van der Waals surface area (Å²) in [6.45, 7) is 0.202. The highest BCUT2D eigenvalue weighted by molar-refractivity contribution is 5.97. The summed E-state index contributed by atoms with van der Waals surface area (Å²) in [5, 5.41) is 10.7. The van der Waals surface area contributed by atoms with Gasteiger partial charge in [0.2, 0.25) is 0 Å². The molecule has 1 aliphatic heterocycles. The molecule has 5 nitrogen and oxygen atoms in total. The van der Waals surface area contributed by atoms with Crippen molar-refractivity contribution in [2.75, 3.05) is 0 Å². The Morgan fingerprint density at radius 1 is 1.12 bits per heavy atom.